The fourth-order valence-corrected chi connectivity index (χ4v) is 0.917. The topological polar surface area (TPSA) is 42.3 Å². The fourth-order valence-electron chi connectivity index (χ4n) is 0.476. The summed E-state index contributed by atoms with van der Waals surface area (Å²) < 4.78 is 0.409. The molecule has 0 fully saturated rings. The Morgan fingerprint density at radius 1 is 1.70 bits per heavy atom. The van der Waals surface area contributed by atoms with Gasteiger partial charge in [0.2, 0.25) is 0 Å². The number of nitroso groups, excluding NO2 is 1. The van der Waals surface area contributed by atoms with Crippen LogP contribution in [0.15, 0.2) is 22.0 Å². The predicted octanol–water partition coefficient (Wildman–Crippen LogP) is 2.90. The first-order valence-electron chi connectivity index (χ1n) is 2.38. The maximum absolute atomic E-state index is 10.0. The molecule has 0 atom stereocenters. The van der Waals surface area contributed by atoms with Gasteiger partial charge in [-0.25, -0.2) is 4.98 Å². The molecule has 0 amide bonds. The molecular weight excluding hydrogens is 219 g/mol. The molecule has 3 nitrogen and oxygen atoms in total. The van der Waals surface area contributed by atoms with E-state index in [9.17, 15) is 4.91 Å². The molecule has 0 saturated heterocycles. The van der Waals surface area contributed by atoms with Gasteiger partial charge in [-0.05, 0) is 27.2 Å². The first-order valence-corrected chi connectivity index (χ1v) is 3.55. The second kappa shape index (κ2) is 3.07. The van der Waals surface area contributed by atoms with Gasteiger partial charge in [-0.15, -0.1) is 4.91 Å². The zero-order chi connectivity index (χ0) is 7.56. The van der Waals surface area contributed by atoms with Crippen molar-refractivity contribution in [2.45, 2.75) is 0 Å². The summed E-state index contributed by atoms with van der Waals surface area (Å²) in [5.74, 6) is 0. The fraction of sp³-hybridized carbons (Fsp3) is 0. The SMILES string of the molecule is O=Nc1cc(Cl)cnc1Br. The number of aromatic nitrogens is 1. The summed E-state index contributed by atoms with van der Waals surface area (Å²) in [6.45, 7) is 0. The van der Waals surface area contributed by atoms with E-state index in [-0.39, 0.29) is 5.69 Å². The van der Waals surface area contributed by atoms with E-state index in [4.69, 9.17) is 11.6 Å². The molecule has 10 heavy (non-hydrogen) atoms. The van der Waals surface area contributed by atoms with Crippen LogP contribution < -0.4 is 0 Å². The second-order valence-electron chi connectivity index (χ2n) is 1.55. The van der Waals surface area contributed by atoms with E-state index < -0.39 is 0 Å². The second-order valence-corrected chi connectivity index (χ2v) is 2.74. The minimum absolute atomic E-state index is 0.215. The first kappa shape index (κ1) is 7.63. The zero-order valence-corrected chi connectivity index (χ0v) is 7.06. The molecule has 0 N–H and O–H groups in total. The third kappa shape index (κ3) is 1.52. The normalized spacial score (nSPS) is 9.40. The molecule has 0 aliphatic heterocycles. The van der Waals surface area contributed by atoms with E-state index >= 15 is 0 Å². The van der Waals surface area contributed by atoms with Gasteiger partial charge < -0.3 is 0 Å². The van der Waals surface area contributed by atoms with Crippen LogP contribution in [0, 0.1) is 4.91 Å². The summed E-state index contributed by atoms with van der Waals surface area (Å²) in [7, 11) is 0. The lowest BCUT2D eigenvalue weighted by atomic mass is 10.4. The van der Waals surface area contributed by atoms with Crippen LogP contribution in [0.5, 0.6) is 0 Å². The van der Waals surface area contributed by atoms with Gasteiger partial charge in [0.1, 0.15) is 10.3 Å². The van der Waals surface area contributed by atoms with E-state index in [1.165, 1.54) is 12.3 Å². The smallest absolute Gasteiger partial charge is 0.142 e. The van der Waals surface area contributed by atoms with E-state index in [0.717, 1.165) is 0 Å². The first-order chi connectivity index (χ1) is 4.74. The van der Waals surface area contributed by atoms with Crippen LogP contribution in [-0.4, -0.2) is 4.98 Å². The van der Waals surface area contributed by atoms with Crippen LogP contribution in [-0.2, 0) is 0 Å². The van der Waals surface area contributed by atoms with Crippen molar-refractivity contribution in [1.29, 1.82) is 0 Å². The molecule has 0 aliphatic rings. The van der Waals surface area contributed by atoms with Gasteiger partial charge in [-0.1, -0.05) is 11.6 Å². The van der Waals surface area contributed by atoms with E-state index in [0.29, 0.717) is 9.63 Å². The minimum Gasteiger partial charge on any atom is -0.245 e. The Kier molecular flexibility index (Phi) is 2.34. The van der Waals surface area contributed by atoms with Crippen molar-refractivity contribution in [3.8, 4) is 0 Å². The van der Waals surface area contributed by atoms with Gasteiger partial charge >= 0.3 is 0 Å². The van der Waals surface area contributed by atoms with Gasteiger partial charge in [0.15, 0.2) is 0 Å². The quantitative estimate of drug-likeness (QED) is 0.540. The Labute approximate surface area is 70.5 Å². The van der Waals surface area contributed by atoms with Crippen molar-refractivity contribution in [2.24, 2.45) is 5.18 Å². The molecule has 1 heterocycles. The molecule has 0 unspecified atom stereocenters. The number of hydrogen-bond donors (Lipinski definition) is 0. The molecule has 1 aromatic rings. The van der Waals surface area contributed by atoms with Crippen LogP contribution in [0.1, 0.15) is 0 Å². The summed E-state index contributed by atoms with van der Waals surface area (Å²) in [5.41, 5.74) is 0.215. The number of halogens is 2. The van der Waals surface area contributed by atoms with Gasteiger partial charge in [-0.3, -0.25) is 0 Å². The summed E-state index contributed by atoms with van der Waals surface area (Å²) >= 11 is 8.54. The van der Waals surface area contributed by atoms with Crippen LogP contribution in [0.25, 0.3) is 0 Å². The van der Waals surface area contributed by atoms with Gasteiger partial charge in [0.25, 0.3) is 0 Å². The van der Waals surface area contributed by atoms with Gasteiger partial charge in [0.05, 0.1) is 5.02 Å². The monoisotopic (exact) mass is 220 g/mol. The molecule has 52 valence electrons. The average Bonchev–Trinajstić information content (AvgIpc) is 1.94. The molecule has 0 bridgehead atoms. The van der Waals surface area contributed by atoms with E-state index in [1.54, 1.807) is 0 Å². The van der Waals surface area contributed by atoms with Gasteiger partial charge in [-0.2, -0.15) is 0 Å². The lowest BCUT2D eigenvalue weighted by Gasteiger charge is -1.92. The lowest BCUT2D eigenvalue weighted by molar-refractivity contribution is 1.25. The average molecular weight is 221 g/mol. The summed E-state index contributed by atoms with van der Waals surface area (Å²) in [6.07, 6.45) is 1.43. The molecule has 1 rings (SSSR count). The lowest BCUT2D eigenvalue weighted by Crippen LogP contribution is -1.74. The third-order valence-corrected chi connectivity index (χ3v) is 1.70. The molecule has 5 heteroatoms. The van der Waals surface area contributed by atoms with Crippen LogP contribution in [0.2, 0.25) is 5.02 Å². The van der Waals surface area contributed by atoms with Crippen molar-refractivity contribution in [1.82, 2.24) is 4.98 Å². The van der Waals surface area contributed by atoms with E-state index in [1.807, 2.05) is 0 Å². The van der Waals surface area contributed by atoms with Crippen LogP contribution in [0.4, 0.5) is 5.69 Å². The molecule has 1 aromatic heterocycles. The number of hydrogen-bond acceptors (Lipinski definition) is 3. The number of rotatable bonds is 1. The predicted molar refractivity (Wildman–Crippen MR) is 42.4 cm³/mol. The largest absolute Gasteiger partial charge is 0.245 e. The highest BCUT2D eigenvalue weighted by atomic mass is 79.9. The minimum atomic E-state index is 0.215. The molecule has 0 saturated carbocycles. The molecular formula is C5H2BrClN2O. The maximum atomic E-state index is 10.0. The number of pyridine rings is 1. The molecule has 0 aromatic carbocycles. The van der Waals surface area contributed by atoms with Crippen molar-refractivity contribution in [3.63, 3.8) is 0 Å². The summed E-state index contributed by atoms with van der Waals surface area (Å²) in [5, 5.41) is 3.09. The highest BCUT2D eigenvalue weighted by molar-refractivity contribution is 9.10. The highest BCUT2D eigenvalue weighted by Gasteiger charge is 2.00. The Morgan fingerprint density at radius 3 is 2.90 bits per heavy atom. The molecule has 0 aliphatic carbocycles. The summed E-state index contributed by atoms with van der Waals surface area (Å²) in [4.78, 5) is 13.7. The maximum Gasteiger partial charge on any atom is 0.142 e. The van der Waals surface area contributed by atoms with Crippen molar-refractivity contribution in [3.05, 3.63) is 26.8 Å². The standard InChI is InChI=1S/C5H2BrClN2O/c6-5-4(9-10)1-3(7)2-8-5/h1-2H. The van der Waals surface area contributed by atoms with Crippen LogP contribution in [0.3, 0.4) is 0 Å². The zero-order valence-electron chi connectivity index (χ0n) is 4.71. The number of nitrogens with zero attached hydrogens (tertiary/aromatic N) is 2. The van der Waals surface area contributed by atoms with Crippen LogP contribution >= 0.6 is 27.5 Å². The van der Waals surface area contributed by atoms with Crippen molar-refractivity contribution >= 4 is 33.2 Å². The Hall–Kier alpha value is -0.480. The Balaban J connectivity index is 3.21. The van der Waals surface area contributed by atoms with Gasteiger partial charge in [0, 0.05) is 6.20 Å². The van der Waals surface area contributed by atoms with E-state index in [2.05, 4.69) is 26.1 Å². The van der Waals surface area contributed by atoms with Crippen molar-refractivity contribution in [2.75, 3.05) is 0 Å². The Morgan fingerprint density at radius 2 is 2.40 bits per heavy atom. The molecule has 0 spiro atoms. The molecule has 0 radical (unpaired) electrons. The highest BCUT2D eigenvalue weighted by Crippen LogP contribution is 2.25. The summed E-state index contributed by atoms with van der Waals surface area (Å²) in [6, 6.07) is 1.44. The third-order valence-electron chi connectivity index (χ3n) is 0.886. The Bertz CT molecular complexity index is 266. The van der Waals surface area contributed by atoms with Crippen molar-refractivity contribution < 1.29 is 0 Å².